The number of aliphatic carboxylic acids is 1. The Morgan fingerprint density at radius 1 is 1.48 bits per heavy atom. The van der Waals surface area contributed by atoms with Crippen molar-refractivity contribution < 1.29 is 14.6 Å². The first-order chi connectivity index (χ1) is 10.2. The van der Waals surface area contributed by atoms with Crippen molar-refractivity contribution >= 4 is 5.97 Å². The summed E-state index contributed by atoms with van der Waals surface area (Å²) in [5.41, 5.74) is 0.292. The van der Waals surface area contributed by atoms with Crippen molar-refractivity contribution in [3.05, 3.63) is 29.8 Å². The highest BCUT2D eigenvalue weighted by Crippen LogP contribution is 2.40. The summed E-state index contributed by atoms with van der Waals surface area (Å²) in [6.45, 7) is 2.60. The molecule has 0 radical (unpaired) electrons. The van der Waals surface area contributed by atoms with Crippen molar-refractivity contribution in [2.75, 3.05) is 26.7 Å². The summed E-state index contributed by atoms with van der Waals surface area (Å²) < 4.78 is 5.75. The normalized spacial score (nSPS) is 21.8. The molecular formula is C16H22N2O3. The van der Waals surface area contributed by atoms with Crippen molar-refractivity contribution in [3.8, 4) is 5.75 Å². The van der Waals surface area contributed by atoms with Crippen molar-refractivity contribution in [1.29, 1.82) is 0 Å². The van der Waals surface area contributed by atoms with Crippen LogP contribution in [0.2, 0.25) is 0 Å². The number of ether oxygens (including phenoxy) is 1. The topological polar surface area (TPSA) is 61.8 Å². The van der Waals surface area contributed by atoms with Crippen molar-refractivity contribution in [2.45, 2.75) is 24.9 Å². The molecule has 1 fully saturated rings. The minimum absolute atomic E-state index is 0.236. The number of nitrogens with zero attached hydrogens (tertiary/aromatic N) is 1. The average molecular weight is 290 g/mol. The van der Waals surface area contributed by atoms with Gasteiger partial charge < -0.3 is 15.2 Å². The van der Waals surface area contributed by atoms with Crippen LogP contribution in [-0.2, 0) is 11.3 Å². The summed E-state index contributed by atoms with van der Waals surface area (Å²) in [5, 5.41) is 12.8. The molecule has 0 saturated heterocycles. The Labute approximate surface area is 124 Å². The Balaban J connectivity index is 1.79. The molecule has 114 valence electrons. The lowest BCUT2D eigenvalue weighted by Crippen LogP contribution is -2.59. The molecule has 1 aliphatic carbocycles. The highest BCUT2D eigenvalue weighted by Gasteiger charge is 2.51. The Kier molecular flexibility index (Phi) is 3.87. The number of nitrogens with one attached hydrogen (secondary N) is 1. The molecule has 0 spiro atoms. The number of hydrogen-bond acceptors (Lipinski definition) is 4. The smallest absolute Gasteiger partial charge is 0.325 e. The van der Waals surface area contributed by atoms with E-state index in [1.54, 1.807) is 7.05 Å². The number of carboxylic acid groups (broad SMARTS) is 1. The van der Waals surface area contributed by atoms with Crippen LogP contribution in [0.4, 0.5) is 0 Å². The van der Waals surface area contributed by atoms with E-state index in [4.69, 9.17) is 4.74 Å². The molecule has 1 atom stereocenters. The van der Waals surface area contributed by atoms with E-state index in [9.17, 15) is 9.90 Å². The third kappa shape index (κ3) is 2.76. The molecule has 3 rings (SSSR count). The maximum absolute atomic E-state index is 11.8. The van der Waals surface area contributed by atoms with Crippen molar-refractivity contribution in [2.24, 2.45) is 5.92 Å². The number of para-hydroxylation sites is 1. The second-order valence-corrected chi connectivity index (χ2v) is 5.97. The predicted octanol–water partition coefficient (Wildman–Crippen LogP) is 1.33. The maximum Gasteiger partial charge on any atom is 0.325 e. The van der Waals surface area contributed by atoms with E-state index in [0.717, 1.165) is 37.2 Å². The van der Waals surface area contributed by atoms with Gasteiger partial charge in [-0.25, -0.2) is 0 Å². The molecule has 21 heavy (non-hydrogen) atoms. The molecule has 1 aliphatic heterocycles. The van der Waals surface area contributed by atoms with Crippen LogP contribution in [0.3, 0.4) is 0 Å². The van der Waals surface area contributed by atoms with E-state index in [1.807, 2.05) is 24.3 Å². The Bertz CT molecular complexity index is 530. The molecule has 1 unspecified atom stereocenters. The number of hydrogen-bond donors (Lipinski definition) is 2. The highest BCUT2D eigenvalue weighted by atomic mass is 16.5. The van der Waals surface area contributed by atoms with Gasteiger partial charge in [-0.3, -0.25) is 9.69 Å². The quantitative estimate of drug-likeness (QED) is 0.857. The van der Waals surface area contributed by atoms with Crippen LogP contribution in [0.25, 0.3) is 0 Å². The van der Waals surface area contributed by atoms with Crippen LogP contribution in [0, 0.1) is 5.92 Å². The zero-order chi connectivity index (χ0) is 14.9. The summed E-state index contributed by atoms with van der Waals surface area (Å²) in [6, 6.07) is 7.98. The molecular weight excluding hydrogens is 268 g/mol. The number of fused-ring (bicyclic) bond motifs is 1. The van der Waals surface area contributed by atoms with E-state index in [2.05, 4.69) is 10.2 Å². The number of carboxylic acids is 1. The van der Waals surface area contributed by atoms with Gasteiger partial charge in [0.05, 0.1) is 0 Å². The summed E-state index contributed by atoms with van der Waals surface area (Å²) in [4.78, 5) is 14.0. The number of carbonyl (C=O) groups is 1. The fraction of sp³-hybridized carbons (Fsp3) is 0.562. The molecule has 0 amide bonds. The van der Waals surface area contributed by atoms with Gasteiger partial charge in [-0.05, 0) is 31.9 Å². The molecule has 1 aromatic rings. The van der Waals surface area contributed by atoms with Gasteiger partial charge >= 0.3 is 5.97 Å². The first-order valence-electron chi connectivity index (χ1n) is 7.51. The van der Waals surface area contributed by atoms with E-state index >= 15 is 0 Å². The lowest BCUT2D eigenvalue weighted by molar-refractivity contribution is -0.146. The number of rotatable bonds is 5. The van der Waals surface area contributed by atoms with Gasteiger partial charge in [-0.1, -0.05) is 18.2 Å². The molecule has 1 aromatic carbocycles. The van der Waals surface area contributed by atoms with Crippen molar-refractivity contribution in [3.63, 3.8) is 0 Å². The summed E-state index contributed by atoms with van der Waals surface area (Å²) in [5.74, 6) is 0.405. The fourth-order valence-corrected chi connectivity index (χ4v) is 3.21. The van der Waals surface area contributed by atoms with Crippen LogP contribution < -0.4 is 10.1 Å². The van der Waals surface area contributed by atoms with Crippen LogP contribution in [0.15, 0.2) is 24.3 Å². The first-order valence-corrected chi connectivity index (χ1v) is 7.51. The van der Waals surface area contributed by atoms with Gasteiger partial charge in [0, 0.05) is 25.2 Å². The van der Waals surface area contributed by atoms with E-state index in [1.165, 1.54) is 0 Å². The molecule has 5 nitrogen and oxygen atoms in total. The molecule has 2 aliphatic rings. The minimum atomic E-state index is -0.834. The fourth-order valence-electron chi connectivity index (χ4n) is 3.21. The van der Waals surface area contributed by atoms with E-state index < -0.39 is 11.5 Å². The van der Waals surface area contributed by atoms with Crippen LogP contribution in [-0.4, -0.2) is 48.3 Å². The van der Waals surface area contributed by atoms with Crippen LogP contribution >= 0.6 is 0 Å². The predicted molar refractivity (Wildman–Crippen MR) is 79.4 cm³/mol. The molecule has 0 aromatic heterocycles. The van der Waals surface area contributed by atoms with Crippen molar-refractivity contribution in [1.82, 2.24) is 10.2 Å². The summed E-state index contributed by atoms with van der Waals surface area (Å²) in [6.07, 6.45) is 1.99. The third-order valence-corrected chi connectivity index (χ3v) is 4.61. The lowest BCUT2D eigenvalue weighted by atomic mass is 9.92. The van der Waals surface area contributed by atoms with Gasteiger partial charge in [0.1, 0.15) is 17.9 Å². The SMILES string of the molecule is CNC(CN1CCOc2ccccc2C1)(C(=O)O)C1CC1. The molecule has 0 bridgehead atoms. The lowest BCUT2D eigenvalue weighted by Gasteiger charge is -2.34. The molecule has 5 heteroatoms. The van der Waals surface area contributed by atoms with Crippen LogP contribution in [0.5, 0.6) is 5.75 Å². The Hall–Kier alpha value is -1.59. The summed E-state index contributed by atoms with van der Waals surface area (Å²) in [7, 11) is 1.76. The van der Waals surface area contributed by atoms with Gasteiger partial charge in [0.15, 0.2) is 0 Å². The monoisotopic (exact) mass is 290 g/mol. The van der Waals surface area contributed by atoms with Gasteiger partial charge in [0.2, 0.25) is 0 Å². The van der Waals surface area contributed by atoms with Crippen LogP contribution in [0.1, 0.15) is 18.4 Å². The van der Waals surface area contributed by atoms with E-state index in [0.29, 0.717) is 13.2 Å². The zero-order valence-corrected chi connectivity index (χ0v) is 12.3. The number of benzene rings is 1. The number of likely N-dealkylation sites (N-methyl/N-ethyl adjacent to an activating group) is 1. The molecule has 1 saturated carbocycles. The Morgan fingerprint density at radius 2 is 2.24 bits per heavy atom. The standard InChI is InChI=1S/C16H22N2O3/c1-17-16(15(19)20,13-6-7-13)11-18-8-9-21-14-5-3-2-4-12(14)10-18/h2-5,13,17H,6-11H2,1H3,(H,19,20). The van der Waals surface area contributed by atoms with Gasteiger partial charge in [-0.15, -0.1) is 0 Å². The van der Waals surface area contributed by atoms with Gasteiger partial charge in [-0.2, -0.15) is 0 Å². The highest BCUT2D eigenvalue weighted by molar-refractivity contribution is 5.80. The Morgan fingerprint density at radius 3 is 2.90 bits per heavy atom. The zero-order valence-electron chi connectivity index (χ0n) is 12.3. The largest absolute Gasteiger partial charge is 0.492 e. The van der Waals surface area contributed by atoms with E-state index in [-0.39, 0.29) is 5.92 Å². The molecule has 1 heterocycles. The molecule has 2 N–H and O–H groups in total. The second-order valence-electron chi connectivity index (χ2n) is 5.97. The van der Waals surface area contributed by atoms with Gasteiger partial charge in [0.25, 0.3) is 0 Å². The maximum atomic E-state index is 11.8. The summed E-state index contributed by atoms with van der Waals surface area (Å²) >= 11 is 0. The average Bonchev–Trinajstić information content (AvgIpc) is 3.31. The minimum Gasteiger partial charge on any atom is -0.492 e. The third-order valence-electron chi connectivity index (χ3n) is 4.61. The first kappa shape index (κ1) is 14.4. The second kappa shape index (κ2) is 5.66.